The average molecular weight is 408 g/mol. The molecule has 1 aromatic carbocycles. The molecular formula is C19H15F3N2O5. The molecule has 0 radical (unpaired) electrons. The molecule has 1 amide bonds. The summed E-state index contributed by atoms with van der Waals surface area (Å²) in [6.07, 6.45) is -5.68. The summed E-state index contributed by atoms with van der Waals surface area (Å²) in [6, 6.07) is 8.57. The smallest absolute Gasteiger partial charge is 0.416 e. The number of amides is 1. The van der Waals surface area contributed by atoms with Crippen molar-refractivity contribution in [2.45, 2.75) is 26.1 Å². The maximum Gasteiger partial charge on any atom is 0.416 e. The third-order valence-corrected chi connectivity index (χ3v) is 3.81. The first-order valence-corrected chi connectivity index (χ1v) is 8.36. The first-order valence-electron chi connectivity index (χ1n) is 8.36. The molecule has 0 aliphatic carbocycles. The number of carbonyl (C=O) groups is 2. The molecule has 0 saturated carbocycles. The Hall–Kier alpha value is -3.56. The van der Waals surface area contributed by atoms with E-state index in [1.54, 1.807) is 6.92 Å². The van der Waals surface area contributed by atoms with E-state index in [-0.39, 0.29) is 22.9 Å². The van der Waals surface area contributed by atoms with Gasteiger partial charge in [-0.25, -0.2) is 4.79 Å². The molecule has 3 aromatic rings. The molecule has 1 atom stereocenters. The number of nitrogens with one attached hydrogen (secondary N) is 1. The molecule has 0 aliphatic heterocycles. The van der Waals surface area contributed by atoms with E-state index in [0.29, 0.717) is 5.76 Å². The standard InChI is InChI=1S/C19H15F3N2O5/c1-10-8-16(24-29-10)23-17(25)11(2)27-18(26)15-7-6-14(28-15)12-4-3-5-13(9-12)19(20,21)22/h3-9,11H,1-2H3,(H,23,24,25)/t11-/m1/s1. The molecule has 2 aromatic heterocycles. The molecule has 3 rings (SSSR count). The lowest BCUT2D eigenvalue weighted by Gasteiger charge is -2.11. The fourth-order valence-electron chi connectivity index (χ4n) is 2.38. The molecule has 0 unspecified atom stereocenters. The van der Waals surface area contributed by atoms with Gasteiger partial charge in [0.25, 0.3) is 5.91 Å². The zero-order valence-electron chi connectivity index (χ0n) is 15.2. The zero-order valence-corrected chi connectivity index (χ0v) is 15.2. The highest BCUT2D eigenvalue weighted by atomic mass is 19.4. The van der Waals surface area contributed by atoms with Crippen molar-refractivity contribution in [1.29, 1.82) is 0 Å². The van der Waals surface area contributed by atoms with Gasteiger partial charge in [0.1, 0.15) is 11.5 Å². The van der Waals surface area contributed by atoms with Crippen LogP contribution in [0.1, 0.15) is 28.8 Å². The first kappa shape index (κ1) is 20.2. The van der Waals surface area contributed by atoms with Gasteiger partial charge in [-0.2, -0.15) is 13.2 Å². The number of aryl methyl sites for hydroxylation is 1. The van der Waals surface area contributed by atoms with Gasteiger partial charge in [0.2, 0.25) is 5.76 Å². The maximum atomic E-state index is 12.8. The highest BCUT2D eigenvalue weighted by Gasteiger charge is 2.31. The average Bonchev–Trinajstić information content (AvgIpc) is 3.30. The van der Waals surface area contributed by atoms with Crippen molar-refractivity contribution in [3.63, 3.8) is 0 Å². The van der Waals surface area contributed by atoms with E-state index < -0.39 is 29.7 Å². The predicted octanol–water partition coefficient (Wildman–Crippen LogP) is 4.45. The number of rotatable bonds is 5. The van der Waals surface area contributed by atoms with E-state index in [0.717, 1.165) is 12.1 Å². The number of hydrogen-bond donors (Lipinski definition) is 1. The number of carbonyl (C=O) groups excluding carboxylic acids is 2. The van der Waals surface area contributed by atoms with E-state index in [1.807, 2.05) is 0 Å². The minimum atomic E-state index is -4.50. The summed E-state index contributed by atoms with van der Waals surface area (Å²) >= 11 is 0. The molecule has 1 N–H and O–H groups in total. The molecule has 0 spiro atoms. The summed E-state index contributed by atoms with van der Waals surface area (Å²) in [4.78, 5) is 24.2. The van der Waals surface area contributed by atoms with Crippen molar-refractivity contribution in [2.24, 2.45) is 0 Å². The van der Waals surface area contributed by atoms with E-state index in [9.17, 15) is 22.8 Å². The van der Waals surface area contributed by atoms with Crippen LogP contribution in [0.3, 0.4) is 0 Å². The van der Waals surface area contributed by atoms with Crippen LogP contribution < -0.4 is 5.32 Å². The summed E-state index contributed by atoms with van der Waals surface area (Å²) in [7, 11) is 0. The molecule has 29 heavy (non-hydrogen) atoms. The van der Waals surface area contributed by atoms with E-state index in [1.165, 1.54) is 37.3 Å². The highest BCUT2D eigenvalue weighted by molar-refractivity contribution is 5.96. The summed E-state index contributed by atoms with van der Waals surface area (Å²) in [6.45, 7) is 2.99. The van der Waals surface area contributed by atoms with E-state index in [2.05, 4.69) is 10.5 Å². The molecule has 0 saturated heterocycles. The number of anilines is 1. The minimum Gasteiger partial charge on any atom is -0.449 e. The Bertz CT molecular complexity index is 1040. The van der Waals surface area contributed by atoms with Gasteiger partial charge in [0.15, 0.2) is 11.9 Å². The Morgan fingerprint density at radius 2 is 1.93 bits per heavy atom. The second kappa shape index (κ2) is 7.82. The van der Waals surface area contributed by atoms with Crippen LogP contribution in [0.2, 0.25) is 0 Å². The largest absolute Gasteiger partial charge is 0.449 e. The monoisotopic (exact) mass is 408 g/mol. The van der Waals surface area contributed by atoms with Crippen molar-refractivity contribution >= 4 is 17.7 Å². The van der Waals surface area contributed by atoms with Crippen molar-refractivity contribution < 1.29 is 36.4 Å². The topological polar surface area (TPSA) is 94.6 Å². The normalized spacial score (nSPS) is 12.4. The number of ether oxygens (including phenoxy) is 1. The molecule has 0 fully saturated rings. The van der Waals surface area contributed by atoms with Gasteiger partial charge < -0.3 is 19.0 Å². The summed E-state index contributed by atoms with van der Waals surface area (Å²) < 4.78 is 53.7. The number of nitrogens with zero attached hydrogens (tertiary/aromatic N) is 1. The zero-order chi connectivity index (χ0) is 21.2. The quantitative estimate of drug-likeness (QED) is 0.627. The van der Waals surface area contributed by atoms with Crippen molar-refractivity contribution in [1.82, 2.24) is 5.16 Å². The van der Waals surface area contributed by atoms with Crippen LogP contribution >= 0.6 is 0 Å². The predicted molar refractivity (Wildman–Crippen MR) is 93.9 cm³/mol. The van der Waals surface area contributed by atoms with Crippen molar-refractivity contribution in [3.8, 4) is 11.3 Å². The number of furan rings is 1. The molecular weight excluding hydrogens is 393 g/mol. The third kappa shape index (κ3) is 4.84. The molecule has 10 heteroatoms. The van der Waals surface area contributed by atoms with Crippen LogP contribution in [0.15, 0.2) is 51.4 Å². The number of esters is 1. The van der Waals surface area contributed by atoms with Crippen LogP contribution in [0.25, 0.3) is 11.3 Å². The summed E-state index contributed by atoms with van der Waals surface area (Å²) in [5, 5.41) is 6.00. The summed E-state index contributed by atoms with van der Waals surface area (Å²) in [5.74, 6) is -1.13. The van der Waals surface area contributed by atoms with Gasteiger partial charge in [-0.15, -0.1) is 0 Å². The lowest BCUT2D eigenvalue weighted by atomic mass is 10.1. The van der Waals surface area contributed by atoms with Gasteiger partial charge in [0, 0.05) is 11.6 Å². The third-order valence-electron chi connectivity index (χ3n) is 3.81. The number of aromatic nitrogens is 1. The maximum absolute atomic E-state index is 12.8. The molecule has 7 nitrogen and oxygen atoms in total. The second-order valence-electron chi connectivity index (χ2n) is 6.10. The van der Waals surface area contributed by atoms with Crippen LogP contribution in [0.4, 0.5) is 19.0 Å². The lowest BCUT2D eigenvalue weighted by Crippen LogP contribution is -2.30. The van der Waals surface area contributed by atoms with Crippen LogP contribution in [-0.2, 0) is 15.7 Å². The highest BCUT2D eigenvalue weighted by Crippen LogP contribution is 2.32. The van der Waals surface area contributed by atoms with E-state index in [4.69, 9.17) is 13.7 Å². The Kier molecular flexibility index (Phi) is 5.44. The van der Waals surface area contributed by atoms with Crippen molar-refractivity contribution in [3.05, 3.63) is 59.5 Å². The van der Waals surface area contributed by atoms with Gasteiger partial charge in [0.05, 0.1) is 5.56 Å². The molecule has 0 aliphatic rings. The van der Waals surface area contributed by atoms with Gasteiger partial charge in [-0.05, 0) is 38.1 Å². The SMILES string of the molecule is Cc1cc(NC(=O)[C@@H](C)OC(=O)c2ccc(-c3cccc(C(F)(F)F)c3)o2)no1. The molecule has 152 valence electrons. The van der Waals surface area contributed by atoms with Gasteiger partial charge in [-0.1, -0.05) is 17.3 Å². The van der Waals surface area contributed by atoms with Crippen molar-refractivity contribution in [2.75, 3.05) is 5.32 Å². The molecule has 0 bridgehead atoms. The Morgan fingerprint density at radius 1 is 1.17 bits per heavy atom. The summed E-state index contributed by atoms with van der Waals surface area (Å²) in [5.41, 5.74) is -0.699. The van der Waals surface area contributed by atoms with Crippen LogP contribution in [0, 0.1) is 6.92 Å². The van der Waals surface area contributed by atoms with Crippen LogP contribution in [0.5, 0.6) is 0 Å². The fraction of sp³-hybridized carbons (Fsp3) is 0.211. The lowest BCUT2D eigenvalue weighted by molar-refractivity contribution is -0.137. The van der Waals surface area contributed by atoms with E-state index >= 15 is 0 Å². The second-order valence-corrected chi connectivity index (χ2v) is 6.10. The Morgan fingerprint density at radius 3 is 2.59 bits per heavy atom. The number of alkyl halides is 3. The minimum absolute atomic E-state index is 0.0539. The molecule has 2 heterocycles. The fourth-order valence-corrected chi connectivity index (χ4v) is 2.38. The Labute approximate surface area is 162 Å². The van der Waals surface area contributed by atoms with Gasteiger partial charge >= 0.3 is 12.1 Å². The number of halogens is 3. The van der Waals surface area contributed by atoms with Gasteiger partial charge in [-0.3, -0.25) is 4.79 Å². The Balaban J connectivity index is 1.67. The first-order chi connectivity index (χ1) is 13.6. The van der Waals surface area contributed by atoms with Crippen LogP contribution in [-0.4, -0.2) is 23.1 Å². The number of benzene rings is 1. The number of hydrogen-bond acceptors (Lipinski definition) is 6.